The third kappa shape index (κ3) is 4.08. The van der Waals surface area contributed by atoms with Gasteiger partial charge in [-0.3, -0.25) is 9.59 Å². The molecule has 0 aromatic carbocycles. The topological polar surface area (TPSA) is 75.6 Å². The minimum Gasteiger partial charge on any atom is -0.481 e. The summed E-state index contributed by atoms with van der Waals surface area (Å²) in [4.78, 5) is 25.4. The van der Waals surface area contributed by atoms with Crippen molar-refractivity contribution in [1.82, 2.24) is 5.32 Å². The molecule has 0 unspecified atom stereocenters. The van der Waals surface area contributed by atoms with E-state index in [1.807, 2.05) is 13.0 Å². The second-order valence-electron chi connectivity index (χ2n) is 5.94. The highest BCUT2D eigenvalue weighted by Gasteiger charge is 2.35. The maximum absolute atomic E-state index is 12.3. The summed E-state index contributed by atoms with van der Waals surface area (Å²) in [6.07, 6.45) is 2.33. The Balaban J connectivity index is 2.01. The molecule has 0 aliphatic carbocycles. The first-order valence-electron chi connectivity index (χ1n) is 7.63. The van der Waals surface area contributed by atoms with E-state index in [1.54, 1.807) is 0 Å². The molecule has 22 heavy (non-hydrogen) atoms. The highest BCUT2D eigenvalue weighted by Crippen LogP contribution is 2.33. The van der Waals surface area contributed by atoms with Crippen LogP contribution in [0.4, 0.5) is 0 Å². The van der Waals surface area contributed by atoms with Gasteiger partial charge in [-0.15, -0.1) is 11.3 Å². The summed E-state index contributed by atoms with van der Waals surface area (Å²) in [6.45, 7) is 5.59. The van der Waals surface area contributed by atoms with Crippen LogP contribution in [-0.4, -0.2) is 36.7 Å². The molecule has 2 rings (SSSR count). The molecule has 122 valence electrons. The Morgan fingerprint density at radius 2 is 2.09 bits per heavy atom. The average molecular weight is 325 g/mol. The number of hydrogen-bond acceptors (Lipinski definition) is 4. The van der Waals surface area contributed by atoms with Crippen LogP contribution < -0.4 is 5.32 Å². The quantitative estimate of drug-likeness (QED) is 0.843. The molecule has 1 aliphatic rings. The van der Waals surface area contributed by atoms with E-state index >= 15 is 0 Å². The number of carboxylic acids is 1. The van der Waals surface area contributed by atoms with Crippen LogP contribution in [0.1, 0.15) is 46.3 Å². The van der Waals surface area contributed by atoms with Crippen LogP contribution in [0, 0.1) is 12.3 Å². The summed E-state index contributed by atoms with van der Waals surface area (Å²) in [5, 5.41) is 12.1. The van der Waals surface area contributed by atoms with E-state index in [4.69, 9.17) is 9.84 Å². The lowest BCUT2D eigenvalue weighted by Gasteiger charge is -2.36. The number of carbonyl (C=O) groups is 2. The Hall–Kier alpha value is -1.40. The van der Waals surface area contributed by atoms with Gasteiger partial charge >= 0.3 is 5.97 Å². The SMILES string of the molecule is CCc1sc(C(=O)NCC2(CC(=O)O)CCOCC2)cc1C. The van der Waals surface area contributed by atoms with Crippen molar-refractivity contribution in [2.24, 2.45) is 5.41 Å². The smallest absolute Gasteiger partial charge is 0.303 e. The maximum atomic E-state index is 12.3. The molecule has 1 fully saturated rings. The van der Waals surface area contributed by atoms with Gasteiger partial charge in [0.05, 0.1) is 11.3 Å². The number of thiophene rings is 1. The number of amides is 1. The molecular weight excluding hydrogens is 302 g/mol. The summed E-state index contributed by atoms with van der Waals surface area (Å²) < 4.78 is 5.33. The minimum absolute atomic E-state index is 0.0698. The molecule has 0 saturated carbocycles. The highest BCUT2D eigenvalue weighted by molar-refractivity contribution is 7.14. The van der Waals surface area contributed by atoms with Crippen molar-refractivity contribution in [3.05, 3.63) is 21.4 Å². The lowest BCUT2D eigenvalue weighted by Crippen LogP contribution is -2.42. The summed E-state index contributed by atoms with van der Waals surface area (Å²) in [7, 11) is 0. The van der Waals surface area contributed by atoms with Gasteiger partial charge in [0.1, 0.15) is 0 Å². The highest BCUT2D eigenvalue weighted by atomic mass is 32.1. The van der Waals surface area contributed by atoms with E-state index in [1.165, 1.54) is 16.2 Å². The zero-order chi connectivity index (χ0) is 16.2. The molecule has 0 radical (unpaired) electrons. The van der Waals surface area contributed by atoms with Gasteiger partial charge in [-0.1, -0.05) is 6.92 Å². The maximum Gasteiger partial charge on any atom is 0.303 e. The number of aliphatic carboxylic acids is 1. The van der Waals surface area contributed by atoms with Crippen LogP contribution in [0.25, 0.3) is 0 Å². The molecule has 0 spiro atoms. The van der Waals surface area contributed by atoms with Crippen molar-refractivity contribution in [1.29, 1.82) is 0 Å². The lowest BCUT2D eigenvalue weighted by molar-refractivity contribution is -0.141. The van der Waals surface area contributed by atoms with Crippen LogP contribution in [0.5, 0.6) is 0 Å². The van der Waals surface area contributed by atoms with Crippen LogP contribution >= 0.6 is 11.3 Å². The van der Waals surface area contributed by atoms with Crippen LogP contribution in [-0.2, 0) is 16.0 Å². The Labute approximate surface area is 134 Å². The number of hydrogen-bond donors (Lipinski definition) is 2. The molecule has 1 aliphatic heterocycles. The number of carbonyl (C=O) groups excluding carboxylic acids is 1. The fourth-order valence-corrected chi connectivity index (χ4v) is 3.91. The molecule has 5 nitrogen and oxygen atoms in total. The molecule has 2 N–H and O–H groups in total. The predicted octanol–water partition coefficient (Wildman–Crippen LogP) is 2.62. The van der Waals surface area contributed by atoms with Gasteiger partial charge in [-0.05, 0) is 37.8 Å². The van der Waals surface area contributed by atoms with Crippen molar-refractivity contribution >= 4 is 23.2 Å². The number of rotatable bonds is 6. The first kappa shape index (κ1) is 17.0. The largest absolute Gasteiger partial charge is 0.481 e. The van der Waals surface area contributed by atoms with E-state index in [9.17, 15) is 9.59 Å². The monoisotopic (exact) mass is 325 g/mol. The first-order valence-corrected chi connectivity index (χ1v) is 8.44. The van der Waals surface area contributed by atoms with Crippen LogP contribution in [0.2, 0.25) is 0 Å². The number of nitrogens with one attached hydrogen (secondary N) is 1. The van der Waals surface area contributed by atoms with Gasteiger partial charge in [-0.25, -0.2) is 0 Å². The molecule has 1 aromatic rings. The summed E-state index contributed by atoms with van der Waals surface area (Å²) >= 11 is 1.51. The number of aryl methyl sites for hydroxylation is 2. The van der Waals surface area contributed by atoms with Crippen molar-refractivity contribution in [2.75, 3.05) is 19.8 Å². The first-order chi connectivity index (χ1) is 10.5. The molecule has 1 saturated heterocycles. The van der Waals surface area contributed by atoms with Gasteiger partial charge in [0, 0.05) is 30.1 Å². The fourth-order valence-electron chi connectivity index (χ4n) is 2.88. The molecular formula is C16H23NO4S. The fraction of sp³-hybridized carbons (Fsp3) is 0.625. The Morgan fingerprint density at radius 3 is 2.64 bits per heavy atom. The Kier molecular flexibility index (Phi) is 5.58. The zero-order valence-corrected chi connectivity index (χ0v) is 13.9. The van der Waals surface area contributed by atoms with Gasteiger partial charge in [-0.2, -0.15) is 0 Å². The standard InChI is InChI=1S/C16H23NO4S/c1-3-12-11(2)8-13(22-12)15(20)17-10-16(9-14(18)19)4-6-21-7-5-16/h8H,3-7,9-10H2,1-2H3,(H,17,20)(H,18,19). The van der Waals surface area contributed by atoms with Crippen LogP contribution in [0.3, 0.4) is 0 Å². The Morgan fingerprint density at radius 1 is 1.41 bits per heavy atom. The van der Waals surface area contributed by atoms with Gasteiger partial charge < -0.3 is 15.2 Å². The zero-order valence-electron chi connectivity index (χ0n) is 13.1. The molecule has 1 aromatic heterocycles. The molecule has 1 amide bonds. The van der Waals surface area contributed by atoms with Gasteiger partial charge in [0.25, 0.3) is 5.91 Å². The second-order valence-corrected chi connectivity index (χ2v) is 7.07. The summed E-state index contributed by atoms with van der Waals surface area (Å²) in [5.41, 5.74) is 0.753. The Bertz CT molecular complexity index is 546. The molecule has 2 heterocycles. The second kappa shape index (κ2) is 7.24. The average Bonchev–Trinajstić information content (AvgIpc) is 2.86. The van der Waals surface area contributed by atoms with Crippen molar-refractivity contribution in [2.45, 2.75) is 39.5 Å². The number of carboxylic acid groups (broad SMARTS) is 1. The van der Waals surface area contributed by atoms with Crippen molar-refractivity contribution < 1.29 is 19.4 Å². The van der Waals surface area contributed by atoms with E-state index in [0.29, 0.717) is 37.5 Å². The van der Waals surface area contributed by atoms with E-state index in [2.05, 4.69) is 12.2 Å². The summed E-state index contributed by atoms with van der Waals surface area (Å²) in [5.74, 6) is -0.930. The third-order valence-corrected chi connectivity index (χ3v) is 5.65. The molecule has 6 heteroatoms. The normalized spacial score (nSPS) is 17.2. The van der Waals surface area contributed by atoms with E-state index < -0.39 is 5.97 Å². The van der Waals surface area contributed by atoms with Gasteiger partial charge in [0.15, 0.2) is 0 Å². The van der Waals surface area contributed by atoms with Crippen molar-refractivity contribution in [3.8, 4) is 0 Å². The minimum atomic E-state index is -0.823. The predicted molar refractivity (Wildman–Crippen MR) is 85.5 cm³/mol. The molecule has 0 bridgehead atoms. The number of ether oxygens (including phenoxy) is 1. The molecule has 0 atom stereocenters. The van der Waals surface area contributed by atoms with E-state index in [0.717, 1.165) is 12.0 Å². The third-order valence-electron chi connectivity index (χ3n) is 4.27. The van der Waals surface area contributed by atoms with Gasteiger partial charge in [0.2, 0.25) is 0 Å². The van der Waals surface area contributed by atoms with Crippen LogP contribution in [0.15, 0.2) is 6.07 Å². The lowest BCUT2D eigenvalue weighted by atomic mass is 9.77. The summed E-state index contributed by atoms with van der Waals surface area (Å²) in [6, 6.07) is 1.91. The van der Waals surface area contributed by atoms with Crippen molar-refractivity contribution in [3.63, 3.8) is 0 Å². The van der Waals surface area contributed by atoms with E-state index in [-0.39, 0.29) is 17.7 Å².